The molecule has 0 heterocycles. The van der Waals surface area contributed by atoms with Crippen LogP contribution in [0.15, 0.2) is 60.7 Å². The fourth-order valence-electron chi connectivity index (χ4n) is 2.91. The highest BCUT2D eigenvalue weighted by Crippen LogP contribution is 2.26. The number of anilines is 1. The molecule has 0 aliphatic heterocycles. The molecular weight excluding hydrogens is 342 g/mol. The number of hydrogen-bond donors (Lipinski definition) is 1. The van der Waals surface area contributed by atoms with Crippen molar-refractivity contribution in [2.75, 3.05) is 19.5 Å². The van der Waals surface area contributed by atoms with Crippen molar-refractivity contribution in [2.24, 2.45) is 0 Å². The molecule has 3 rings (SSSR count). The molecule has 5 nitrogen and oxygen atoms in total. The van der Waals surface area contributed by atoms with E-state index in [2.05, 4.69) is 5.32 Å². The van der Waals surface area contributed by atoms with Gasteiger partial charge in [-0.1, -0.05) is 36.4 Å². The number of benzene rings is 3. The number of rotatable bonds is 5. The third-order valence-corrected chi connectivity index (χ3v) is 4.55. The second-order valence-electron chi connectivity index (χ2n) is 6.22. The summed E-state index contributed by atoms with van der Waals surface area (Å²) >= 11 is 0. The quantitative estimate of drug-likeness (QED) is 0.684. The number of nitrogens with one attached hydrogen (secondary N) is 1. The molecular formula is C22H21NO4. The van der Waals surface area contributed by atoms with E-state index in [1.165, 1.54) is 7.11 Å². The molecule has 0 spiro atoms. The van der Waals surface area contributed by atoms with Crippen molar-refractivity contribution >= 4 is 28.3 Å². The number of amides is 1. The molecule has 0 saturated carbocycles. The van der Waals surface area contributed by atoms with E-state index in [1.807, 2.05) is 43.3 Å². The molecule has 0 bridgehead atoms. The van der Waals surface area contributed by atoms with Gasteiger partial charge in [-0.2, -0.15) is 0 Å². The van der Waals surface area contributed by atoms with Gasteiger partial charge in [-0.3, -0.25) is 4.79 Å². The summed E-state index contributed by atoms with van der Waals surface area (Å²) in [5.74, 6) is -0.278. The lowest BCUT2D eigenvalue weighted by Crippen LogP contribution is -2.20. The molecule has 3 aromatic rings. The Morgan fingerprint density at radius 1 is 0.926 bits per heavy atom. The highest BCUT2D eigenvalue weighted by Gasteiger charge is 2.19. The van der Waals surface area contributed by atoms with Crippen molar-refractivity contribution in [1.29, 1.82) is 0 Å². The molecule has 1 N–H and O–H groups in total. The first-order valence-electron chi connectivity index (χ1n) is 8.59. The van der Waals surface area contributed by atoms with Gasteiger partial charge in [0.25, 0.3) is 0 Å². The lowest BCUT2D eigenvalue weighted by molar-refractivity contribution is -0.117. The lowest BCUT2D eigenvalue weighted by Gasteiger charge is -2.15. The fourth-order valence-corrected chi connectivity index (χ4v) is 2.91. The highest BCUT2D eigenvalue weighted by molar-refractivity contribution is 6.03. The third kappa shape index (κ3) is 3.92. The van der Waals surface area contributed by atoms with Gasteiger partial charge in [0, 0.05) is 0 Å². The number of hydrogen-bond acceptors (Lipinski definition) is 4. The third-order valence-electron chi connectivity index (χ3n) is 4.55. The predicted molar refractivity (Wildman–Crippen MR) is 105 cm³/mol. The molecule has 3 aromatic carbocycles. The van der Waals surface area contributed by atoms with Crippen molar-refractivity contribution < 1.29 is 19.1 Å². The first kappa shape index (κ1) is 18.5. The van der Waals surface area contributed by atoms with E-state index in [9.17, 15) is 9.59 Å². The van der Waals surface area contributed by atoms with Gasteiger partial charge in [-0.15, -0.1) is 0 Å². The second kappa shape index (κ2) is 7.91. The summed E-state index contributed by atoms with van der Waals surface area (Å²) < 4.78 is 10.0. The van der Waals surface area contributed by atoms with E-state index in [1.54, 1.807) is 31.4 Å². The average molecular weight is 363 g/mol. The topological polar surface area (TPSA) is 64.6 Å². The molecule has 0 aliphatic rings. The zero-order chi connectivity index (χ0) is 19.4. The minimum absolute atomic E-state index is 0.195. The first-order chi connectivity index (χ1) is 13.0. The summed E-state index contributed by atoms with van der Waals surface area (Å²) in [7, 11) is 2.95. The van der Waals surface area contributed by atoms with Gasteiger partial charge >= 0.3 is 5.97 Å². The largest absolute Gasteiger partial charge is 0.497 e. The number of fused-ring (bicyclic) bond motifs is 1. The van der Waals surface area contributed by atoms with Gasteiger partial charge in [0.15, 0.2) is 0 Å². The van der Waals surface area contributed by atoms with E-state index in [0.29, 0.717) is 11.3 Å². The molecule has 138 valence electrons. The summed E-state index contributed by atoms with van der Waals surface area (Å²) in [4.78, 5) is 24.6. The van der Waals surface area contributed by atoms with Crippen LogP contribution in [-0.4, -0.2) is 26.1 Å². The van der Waals surface area contributed by atoms with E-state index in [0.717, 1.165) is 22.1 Å². The van der Waals surface area contributed by atoms with E-state index in [-0.39, 0.29) is 11.8 Å². The van der Waals surface area contributed by atoms with Crippen LogP contribution in [0, 0.1) is 0 Å². The molecule has 1 atom stereocenters. The van der Waals surface area contributed by atoms with Crippen LogP contribution >= 0.6 is 0 Å². The zero-order valence-corrected chi connectivity index (χ0v) is 15.5. The van der Waals surface area contributed by atoms with Crippen LogP contribution in [0.1, 0.15) is 28.8 Å². The SMILES string of the molecule is COC(=O)c1ccccc1NC(=O)C(C)c1ccc2cc(OC)ccc2c1. The van der Waals surface area contributed by atoms with Gasteiger partial charge in [0.05, 0.1) is 31.4 Å². The van der Waals surface area contributed by atoms with Crippen molar-refractivity contribution in [3.63, 3.8) is 0 Å². The predicted octanol–water partition coefficient (Wildman–Crippen LogP) is 4.38. The van der Waals surface area contributed by atoms with Crippen LogP contribution in [0.5, 0.6) is 5.75 Å². The normalized spacial score (nSPS) is 11.7. The number of carbonyl (C=O) groups is 2. The van der Waals surface area contributed by atoms with Crippen LogP contribution in [0.25, 0.3) is 10.8 Å². The van der Waals surface area contributed by atoms with Crippen molar-refractivity contribution in [2.45, 2.75) is 12.8 Å². The summed E-state index contributed by atoms with van der Waals surface area (Å²) in [5.41, 5.74) is 1.65. The Kier molecular flexibility index (Phi) is 5.41. The van der Waals surface area contributed by atoms with E-state index >= 15 is 0 Å². The summed E-state index contributed by atoms with van der Waals surface area (Å²) in [6.45, 7) is 1.83. The van der Waals surface area contributed by atoms with Gasteiger partial charge in [-0.05, 0) is 47.5 Å². The number of esters is 1. The molecule has 1 unspecified atom stereocenters. The maximum absolute atomic E-state index is 12.7. The minimum Gasteiger partial charge on any atom is -0.497 e. The van der Waals surface area contributed by atoms with Crippen LogP contribution in [0.4, 0.5) is 5.69 Å². The molecule has 1 amide bonds. The molecule has 5 heteroatoms. The Bertz CT molecular complexity index is 997. The molecule has 0 fully saturated rings. The maximum atomic E-state index is 12.7. The molecule has 0 radical (unpaired) electrons. The van der Waals surface area contributed by atoms with E-state index < -0.39 is 5.97 Å². The van der Waals surface area contributed by atoms with Crippen LogP contribution < -0.4 is 10.1 Å². The van der Waals surface area contributed by atoms with Crippen LogP contribution in [-0.2, 0) is 9.53 Å². The van der Waals surface area contributed by atoms with Crippen molar-refractivity contribution in [3.05, 3.63) is 71.8 Å². The van der Waals surface area contributed by atoms with Gasteiger partial charge in [0.1, 0.15) is 5.75 Å². The fraction of sp³-hybridized carbons (Fsp3) is 0.182. The number of methoxy groups -OCH3 is 2. The first-order valence-corrected chi connectivity index (χ1v) is 8.59. The Morgan fingerprint density at radius 2 is 1.63 bits per heavy atom. The Morgan fingerprint density at radius 3 is 2.37 bits per heavy atom. The Hall–Kier alpha value is -3.34. The van der Waals surface area contributed by atoms with Gasteiger partial charge in [-0.25, -0.2) is 4.79 Å². The van der Waals surface area contributed by atoms with Crippen LogP contribution in [0.3, 0.4) is 0 Å². The monoisotopic (exact) mass is 363 g/mol. The zero-order valence-electron chi connectivity index (χ0n) is 15.5. The number of para-hydroxylation sites is 1. The molecule has 0 aromatic heterocycles. The number of ether oxygens (including phenoxy) is 2. The standard InChI is InChI=1S/C22H21NO4/c1-14(15-8-9-17-13-18(26-2)11-10-16(17)12-15)21(24)23-20-7-5-4-6-19(20)22(25)27-3/h4-14H,1-3H3,(H,23,24). The van der Waals surface area contributed by atoms with Gasteiger partial charge < -0.3 is 14.8 Å². The highest BCUT2D eigenvalue weighted by atomic mass is 16.5. The summed E-state index contributed by atoms with van der Waals surface area (Å²) in [6, 6.07) is 18.5. The molecule has 0 aliphatic carbocycles. The van der Waals surface area contributed by atoms with Crippen LogP contribution in [0.2, 0.25) is 0 Å². The smallest absolute Gasteiger partial charge is 0.339 e. The molecule has 0 saturated heterocycles. The summed E-state index contributed by atoms with van der Waals surface area (Å²) in [5, 5.41) is 4.90. The maximum Gasteiger partial charge on any atom is 0.339 e. The van der Waals surface area contributed by atoms with E-state index in [4.69, 9.17) is 9.47 Å². The molecule has 27 heavy (non-hydrogen) atoms. The average Bonchev–Trinajstić information content (AvgIpc) is 2.72. The Balaban J connectivity index is 1.84. The number of carbonyl (C=O) groups excluding carboxylic acids is 2. The second-order valence-corrected chi connectivity index (χ2v) is 6.22. The van der Waals surface area contributed by atoms with Crippen molar-refractivity contribution in [3.8, 4) is 5.75 Å². The summed E-state index contributed by atoms with van der Waals surface area (Å²) in [6.07, 6.45) is 0. The van der Waals surface area contributed by atoms with Gasteiger partial charge in [0.2, 0.25) is 5.91 Å². The minimum atomic E-state index is -0.488. The van der Waals surface area contributed by atoms with Crippen molar-refractivity contribution in [1.82, 2.24) is 0 Å². The lowest BCUT2D eigenvalue weighted by atomic mass is 9.96. The Labute approximate surface area is 157 Å².